The third-order valence-electron chi connectivity index (χ3n) is 5.20. The van der Waals surface area contributed by atoms with Crippen LogP contribution in [0.25, 0.3) is 6.08 Å². The molecule has 1 aromatic rings. The Morgan fingerprint density at radius 1 is 1.26 bits per heavy atom. The molecule has 6 nitrogen and oxygen atoms in total. The summed E-state index contributed by atoms with van der Waals surface area (Å²) < 4.78 is 12.0. The number of nitrogens with zero attached hydrogens (tertiary/aromatic N) is 1. The van der Waals surface area contributed by atoms with Gasteiger partial charge in [0, 0.05) is 24.7 Å². The molecule has 1 unspecified atom stereocenters. The van der Waals surface area contributed by atoms with E-state index in [2.05, 4.69) is 0 Å². The summed E-state index contributed by atoms with van der Waals surface area (Å²) >= 11 is 0. The van der Waals surface area contributed by atoms with Crippen molar-refractivity contribution in [1.82, 2.24) is 4.90 Å². The number of likely N-dealkylation sites (tertiary alicyclic amines) is 1. The molecule has 1 atom stereocenters. The van der Waals surface area contributed by atoms with Crippen molar-refractivity contribution in [3.05, 3.63) is 29.8 Å². The Balaban J connectivity index is 1.74. The first-order chi connectivity index (χ1) is 13.1. The molecule has 2 fully saturated rings. The summed E-state index contributed by atoms with van der Waals surface area (Å²) in [6.45, 7) is 3.44. The lowest BCUT2D eigenvalue weighted by atomic mass is 10.1. The van der Waals surface area contributed by atoms with Gasteiger partial charge >= 0.3 is 0 Å². The van der Waals surface area contributed by atoms with Crippen molar-refractivity contribution in [2.45, 2.75) is 45.1 Å². The smallest absolute Gasteiger partial charge is 0.246 e. The van der Waals surface area contributed by atoms with Gasteiger partial charge in [0.25, 0.3) is 0 Å². The molecule has 27 heavy (non-hydrogen) atoms. The number of para-hydroxylation sites is 1. The summed E-state index contributed by atoms with van der Waals surface area (Å²) in [5, 5.41) is 0. The topological polar surface area (TPSA) is 81.9 Å². The van der Waals surface area contributed by atoms with Crippen LogP contribution < -0.4 is 15.2 Å². The third-order valence-corrected chi connectivity index (χ3v) is 5.20. The molecule has 146 valence electrons. The molecule has 1 heterocycles. The van der Waals surface area contributed by atoms with Crippen molar-refractivity contribution < 1.29 is 19.1 Å². The SMILES string of the molecule is CCOc1cccc(/C=C/C(=O)N2CCC(C(N)=O)C2)c1OC1CCCC1. The van der Waals surface area contributed by atoms with Gasteiger partial charge in [-0.3, -0.25) is 9.59 Å². The highest BCUT2D eigenvalue weighted by Crippen LogP contribution is 2.35. The Morgan fingerprint density at radius 3 is 2.70 bits per heavy atom. The number of carbonyl (C=O) groups excluding carboxylic acids is 2. The minimum atomic E-state index is -0.342. The second-order valence-electron chi connectivity index (χ2n) is 7.14. The van der Waals surface area contributed by atoms with Gasteiger partial charge in [0.1, 0.15) is 0 Å². The average Bonchev–Trinajstić information content (AvgIpc) is 3.33. The fourth-order valence-corrected chi connectivity index (χ4v) is 3.69. The molecule has 1 aromatic carbocycles. The van der Waals surface area contributed by atoms with Gasteiger partial charge in [-0.05, 0) is 51.2 Å². The minimum Gasteiger partial charge on any atom is -0.490 e. The minimum absolute atomic E-state index is 0.118. The zero-order valence-electron chi connectivity index (χ0n) is 15.9. The highest BCUT2D eigenvalue weighted by Gasteiger charge is 2.28. The van der Waals surface area contributed by atoms with Crippen LogP contribution in [0.15, 0.2) is 24.3 Å². The van der Waals surface area contributed by atoms with Crippen molar-refractivity contribution in [2.24, 2.45) is 11.7 Å². The van der Waals surface area contributed by atoms with E-state index in [-0.39, 0.29) is 23.8 Å². The number of primary amides is 1. The van der Waals surface area contributed by atoms with Gasteiger partial charge in [0.05, 0.1) is 18.6 Å². The second kappa shape index (κ2) is 8.93. The van der Waals surface area contributed by atoms with Crippen molar-refractivity contribution in [3.63, 3.8) is 0 Å². The van der Waals surface area contributed by atoms with Crippen molar-refractivity contribution >= 4 is 17.9 Å². The van der Waals surface area contributed by atoms with E-state index in [1.165, 1.54) is 18.9 Å². The van der Waals surface area contributed by atoms with E-state index in [4.69, 9.17) is 15.2 Å². The summed E-state index contributed by atoms with van der Waals surface area (Å²) in [5.41, 5.74) is 6.17. The Bertz CT molecular complexity index is 710. The fraction of sp³-hybridized carbons (Fsp3) is 0.524. The number of ether oxygens (including phenoxy) is 2. The number of nitrogens with two attached hydrogens (primary N) is 1. The monoisotopic (exact) mass is 372 g/mol. The van der Waals surface area contributed by atoms with E-state index in [0.29, 0.717) is 37.6 Å². The van der Waals surface area contributed by atoms with Crippen LogP contribution >= 0.6 is 0 Å². The molecule has 1 saturated carbocycles. The van der Waals surface area contributed by atoms with E-state index in [1.54, 1.807) is 11.0 Å². The molecule has 3 rings (SSSR count). The predicted molar refractivity (Wildman–Crippen MR) is 103 cm³/mol. The van der Waals surface area contributed by atoms with Gasteiger partial charge in [0.2, 0.25) is 11.8 Å². The molecular weight excluding hydrogens is 344 g/mol. The molecular formula is C21H28N2O4. The summed E-state index contributed by atoms with van der Waals surface area (Å²) in [6, 6.07) is 5.72. The van der Waals surface area contributed by atoms with Crippen LogP contribution in [-0.2, 0) is 9.59 Å². The molecule has 0 radical (unpaired) electrons. The van der Waals surface area contributed by atoms with Crippen molar-refractivity contribution in [2.75, 3.05) is 19.7 Å². The van der Waals surface area contributed by atoms with Crippen molar-refractivity contribution in [1.29, 1.82) is 0 Å². The molecule has 2 aliphatic rings. The van der Waals surface area contributed by atoms with Crippen molar-refractivity contribution in [3.8, 4) is 11.5 Å². The number of carbonyl (C=O) groups is 2. The van der Waals surface area contributed by atoms with E-state index in [0.717, 1.165) is 18.4 Å². The fourth-order valence-electron chi connectivity index (χ4n) is 3.69. The Labute approximate surface area is 160 Å². The highest BCUT2D eigenvalue weighted by molar-refractivity contribution is 5.93. The van der Waals surface area contributed by atoms with Crippen LogP contribution in [0.2, 0.25) is 0 Å². The van der Waals surface area contributed by atoms with Crippen LogP contribution in [0.5, 0.6) is 11.5 Å². The molecule has 1 aliphatic heterocycles. The molecule has 2 N–H and O–H groups in total. The molecule has 6 heteroatoms. The first-order valence-corrected chi connectivity index (χ1v) is 9.77. The van der Waals surface area contributed by atoms with E-state index < -0.39 is 0 Å². The predicted octanol–water partition coefficient (Wildman–Crippen LogP) is 2.75. The molecule has 0 bridgehead atoms. The summed E-state index contributed by atoms with van der Waals surface area (Å²) in [7, 11) is 0. The van der Waals surface area contributed by atoms with E-state index in [9.17, 15) is 9.59 Å². The van der Waals surface area contributed by atoms with Crippen LogP contribution in [0.4, 0.5) is 0 Å². The molecule has 0 spiro atoms. The average molecular weight is 372 g/mol. The normalized spacial score (nSPS) is 20.3. The number of rotatable bonds is 7. The summed E-state index contributed by atoms with van der Waals surface area (Å²) in [5.74, 6) is 0.698. The van der Waals surface area contributed by atoms with Crippen LogP contribution in [-0.4, -0.2) is 42.5 Å². The summed E-state index contributed by atoms with van der Waals surface area (Å²) in [4.78, 5) is 25.4. The van der Waals surface area contributed by atoms with Gasteiger partial charge in [0.15, 0.2) is 11.5 Å². The standard InChI is InChI=1S/C21H28N2O4/c1-2-26-18-9-5-6-15(20(18)27-17-7-3-4-8-17)10-11-19(24)23-13-12-16(14-23)21(22)25/h5-6,9-11,16-17H,2-4,7-8,12-14H2,1H3,(H2,22,25)/b11-10+. The number of benzene rings is 1. The third kappa shape index (κ3) is 4.81. The zero-order chi connectivity index (χ0) is 19.2. The van der Waals surface area contributed by atoms with Crippen LogP contribution in [0.3, 0.4) is 0 Å². The maximum atomic E-state index is 12.5. The van der Waals surface area contributed by atoms with Gasteiger partial charge < -0.3 is 20.1 Å². The van der Waals surface area contributed by atoms with Gasteiger partial charge in [-0.2, -0.15) is 0 Å². The first kappa shape index (κ1) is 19.3. The Kier molecular flexibility index (Phi) is 6.37. The summed E-state index contributed by atoms with van der Waals surface area (Å²) in [6.07, 6.45) is 8.59. The Morgan fingerprint density at radius 2 is 2.04 bits per heavy atom. The lowest BCUT2D eigenvalue weighted by Crippen LogP contribution is -2.30. The maximum Gasteiger partial charge on any atom is 0.246 e. The molecule has 0 aromatic heterocycles. The zero-order valence-corrected chi connectivity index (χ0v) is 15.9. The first-order valence-electron chi connectivity index (χ1n) is 9.77. The molecule has 1 saturated heterocycles. The lowest BCUT2D eigenvalue weighted by Gasteiger charge is -2.19. The number of amides is 2. The molecule has 2 amide bonds. The Hall–Kier alpha value is -2.50. The number of hydrogen-bond acceptors (Lipinski definition) is 4. The highest BCUT2D eigenvalue weighted by atomic mass is 16.5. The lowest BCUT2D eigenvalue weighted by molar-refractivity contribution is -0.125. The largest absolute Gasteiger partial charge is 0.490 e. The number of hydrogen-bond donors (Lipinski definition) is 1. The van der Waals surface area contributed by atoms with Gasteiger partial charge in [-0.15, -0.1) is 0 Å². The van der Waals surface area contributed by atoms with Crippen LogP contribution in [0, 0.1) is 5.92 Å². The molecule has 1 aliphatic carbocycles. The van der Waals surface area contributed by atoms with Crippen LogP contribution in [0.1, 0.15) is 44.6 Å². The van der Waals surface area contributed by atoms with Gasteiger partial charge in [-0.1, -0.05) is 12.1 Å². The quantitative estimate of drug-likeness (QED) is 0.746. The maximum absolute atomic E-state index is 12.5. The second-order valence-corrected chi connectivity index (χ2v) is 7.14. The van der Waals surface area contributed by atoms with Gasteiger partial charge in [-0.25, -0.2) is 0 Å². The van der Waals surface area contributed by atoms with E-state index in [1.807, 2.05) is 25.1 Å². The van der Waals surface area contributed by atoms with E-state index >= 15 is 0 Å².